The Labute approximate surface area is 159 Å². The zero-order valence-corrected chi connectivity index (χ0v) is 16.0. The van der Waals surface area contributed by atoms with Crippen LogP contribution in [0.5, 0.6) is 5.75 Å². The fourth-order valence-corrected chi connectivity index (χ4v) is 2.62. The van der Waals surface area contributed by atoms with Crippen LogP contribution in [0, 0.1) is 0 Å². The van der Waals surface area contributed by atoms with Crippen LogP contribution in [0.4, 0.5) is 0 Å². The summed E-state index contributed by atoms with van der Waals surface area (Å²) < 4.78 is 10.5. The molecule has 0 heterocycles. The van der Waals surface area contributed by atoms with Gasteiger partial charge in [-0.1, -0.05) is 42.8 Å². The number of nitrogens with one attached hydrogen (secondary N) is 1. The molecular weight excluding hydrogens is 350 g/mol. The Bertz CT molecular complexity index is 756. The third-order valence-corrected chi connectivity index (χ3v) is 4.27. The highest BCUT2D eigenvalue weighted by Gasteiger charge is 2.13. The average Bonchev–Trinajstić information content (AvgIpc) is 2.66. The molecule has 0 bridgehead atoms. The number of halogens is 1. The van der Waals surface area contributed by atoms with Crippen LogP contribution in [0.15, 0.2) is 42.5 Å². The van der Waals surface area contributed by atoms with E-state index in [9.17, 15) is 4.79 Å². The Morgan fingerprint density at radius 2 is 1.88 bits per heavy atom. The van der Waals surface area contributed by atoms with E-state index in [1.807, 2.05) is 49.4 Å². The van der Waals surface area contributed by atoms with Crippen LogP contribution in [0.25, 0.3) is 12.2 Å². The van der Waals surface area contributed by atoms with Crippen LogP contribution in [-0.4, -0.2) is 32.8 Å². The molecule has 1 N–H and O–H groups in total. The molecule has 0 fully saturated rings. The van der Waals surface area contributed by atoms with E-state index in [4.69, 9.17) is 21.1 Å². The van der Waals surface area contributed by atoms with Crippen LogP contribution in [0.1, 0.15) is 34.8 Å². The molecule has 0 aliphatic rings. The van der Waals surface area contributed by atoms with E-state index >= 15 is 0 Å². The summed E-state index contributed by atoms with van der Waals surface area (Å²) in [7, 11) is 3.24. The predicted molar refractivity (Wildman–Crippen MR) is 107 cm³/mol. The number of hydrogen-bond donors (Lipinski definition) is 1. The largest absolute Gasteiger partial charge is 0.496 e. The summed E-state index contributed by atoms with van der Waals surface area (Å²) in [5.41, 5.74) is 2.42. The van der Waals surface area contributed by atoms with Crippen LogP contribution in [0.2, 0.25) is 5.02 Å². The number of carbonyl (C=O) groups is 1. The summed E-state index contributed by atoms with van der Waals surface area (Å²) in [5, 5.41) is 3.68. The van der Waals surface area contributed by atoms with Gasteiger partial charge in [0.25, 0.3) is 5.91 Å². The highest BCUT2D eigenvalue weighted by molar-refractivity contribution is 6.30. The van der Waals surface area contributed by atoms with Crippen molar-refractivity contribution in [1.29, 1.82) is 0 Å². The minimum atomic E-state index is -0.127. The van der Waals surface area contributed by atoms with Crippen molar-refractivity contribution in [2.24, 2.45) is 0 Å². The van der Waals surface area contributed by atoms with Crippen molar-refractivity contribution >= 4 is 29.7 Å². The van der Waals surface area contributed by atoms with E-state index in [1.54, 1.807) is 26.4 Å². The fraction of sp³-hybridized carbons (Fsp3) is 0.286. The lowest BCUT2D eigenvalue weighted by Gasteiger charge is -2.16. The van der Waals surface area contributed by atoms with Crippen LogP contribution in [0.3, 0.4) is 0 Å². The van der Waals surface area contributed by atoms with E-state index < -0.39 is 0 Å². The third-order valence-electron chi connectivity index (χ3n) is 4.01. The fourth-order valence-electron chi connectivity index (χ4n) is 2.50. The number of benzene rings is 2. The van der Waals surface area contributed by atoms with Gasteiger partial charge in [-0.05, 0) is 42.3 Å². The molecule has 138 valence electrons. The molecule has 26 heavy (non-hydrogen) atoms. The Morgan fingerprint density at radius 1 is 1.15 bits per heavy atom. The molecule has 4 nitrogen and oxygen atoms in total. The maximum Gasteiger partial charge on any atom is 0.251 e. The van der Waals surface area contributed by atoms with E-state index in [1.165, 1.54) is 0 Å². The van der Waals surface area contributed by atoms with Crippen molar-refractivity contribution in [2.45, 2.75) is 19.4 Å². The van der Waals surface area contributed by atoms with Gasteiger partial charge < -0.3 is 14.8 Å². The average molecular weight is 374 g/mol. The first-order valence-corrected chi connectivity index (χ1v) is 8.86. The second-order valence-corrected chi connectivity index (χ2v) is 6.31. The number of ether oxygens (including phenoxy) is 2. The van der Waals surface area contributed by atoms with E-state index in [0.717, 1.165) is 17.5 Å². The van der Waals surface area contributed by atoms with E-state index in [0.29, 0.717) is 22.9 Å². The molecule has 1 atom stereocenters. The van der Waals surface area contributed by atoms with Crippen molar-refractivity contribution in [3.63, 3.8) is 0 Å². The van der Waals surface area contributed by atoms with Crippen LogP contribution >= 0.6 is 11.6 Å². The van der Waals surface area contributed by atoms with Gasteiger partial charge in [0.15, 0.2) is 0 Å². The van der Waals surface area contributed by atoms with E-state index in [2.05, 4.69) is 5.32 Å². The molecule has 0 aromatic heterocycles. The zero-order valence-electron chi connectivity index (χ0n) is 15.3. The van der Waals surface area contributed by atoms with E-state index in [-0.39, 0.29) is 11.9 Å². The molecule has 2 rings (SSSR count). The smallest absolute Gasteiger partial charge is 0.251 e. The van der Waals surface area contributed by atoms with Crippen molar-refractivity contribution in [2.75, 3.05) is 20.8 Å². The van der Waals surface area contributed by atoms with Crippen molar-refractivity contribution in [3.05, 3.63) is 64.2 Å². The summed E-state index contributed by atoms with van der Waals surface area (Å²) in [4.78, 5) is 12.5. The van der Waals surface area contributed by atoms with Gasteiger partial charge in [-0.25, -0.2) is 0 Å². The van der Waals surface area contributed by atoms with Gasteiger partial charge in [-0.15, -0.1) is 0 Å². The minimum absolute atomic E-state index is 0.0114. The van der Waals surface area contributed by atoms with Crippen molar-refractivity contribution in [3.8, 4) is 5.75 Å². The molecule has 0 radical (unpaired) electrons. The number of amides is 1. The number of methoxy groups -OCH3 is 2. The quantitative estimate of drug-likeness (QED) is 0.684. The molecule has 1 unspecified atom stereocenters. The van der Waals surface area contributed by atoms with Crippen molar-refractivity contribution in [1.82, 2.24) is 5.32 Å². The Morgan fingerprint density at radius 3 is 2.50 bits per heavy atom. The summed E-state index contributed by atoms with van der Waals surface area (Å²) in [5.74, 6) is 0.577. The highest BCUT2D eigenvalue weighted by Crippen LogP contribution is 2.23. The van der Waals surface area contributed by atoms with Gasteiger partial charge >= 0.3 is 0 Å². The summed E-state index contributed by atoms with van der Waals surface area (Å²) in [6.07, 6.45) is 4.68. The molecular formula is C21H24ClNO3. The summed E-state index contributed by atoms with van der Waals surface area (Å²) in [6, 6.07) is 12.9. The van der Waals surface area contributed by atoms with Gasteiger partial charge in [0.1, 0.15) is 5.75 Å². The monoisotopic (exact) mass is 373 g/mol. The normalized spacial score (nSPS) is 12.2. The molecule has 0 aliphatic heterocycles. The van der Waals surface area contributed by atoms with Crippen molar-refractivity contribution < 1.29 is 14.3 Å². The molecule has 0 aliphatic carbocycles. The number of rotatable bonds is 8. The number of hydrogen-bond acceptors (Lipinski definition) is 3. The topological polar surface area (TPSA) is 47.6 Å². The molecule has 2 aromatic rings. The first-order valence-electron chi connectivity index (χ1n) is 8.48. The Balaban J connectivity index is 2.21. The third kappa shape index (κ3) is 5.61. The maximum absolute atomic E-state index is 12.5. The standard InChI is InChI=1S/C21H24ClNO3/c1-4-19(14-25-2)23-21(24)17-9-12-20(26-3)16(13-17)8-5-15-6-10-18(22)11-7-15/h5-13,19H,4,14H2,1-3H3,(H,23,24). The van der Waals surface area contributed by atoms with Crippen LogP contribution < -0.4 is 10.1 Å². The molecule has 5 heteroatoms. The second kappa shape index (κ2) is 10.00. The molecule has 0 saturated heterocycles. The molecule has 1 amide bonds. The molecule has 0 saturated carbocycles. The lowest BCUT2D eigenvalue weighted by atomic mass is 10.1. The lowest BCUT2D eigenvalue weighted by Crippen LogP contribution is -2.37. The van der Waals surface area contributed by atoms with Gasteiger partial charge in [-0.3, -0.25) is 4.79 Å². The number of carbonyl (C=O) groups excluding carboxylic acids is 1. The lowest BCUT2D eigenvalue weighted by molar-refractivity contribution is 0.0894. The highest BCUT2D eigenvalue weighted by atomic mass is 35.5. The summed E-state index contributed by atoms with van der Waals surface area (Å²) in [6.45, 7) is 2.50. The van der Waals surface area contributed by atoms with Gasteiger partial charge in [0.2, 0.25) is 0 Å². The summed E-state index contributed by atoms with van der Waals surface area (Å²) >= 11 is 5.91. The second-order valence-electron chi connectivity index (χ2n) is 5.88. The Kier molecular flexibility index (Phi) is 7.70. The van der Waals surface area contributed by atoms with Gasteiger partial charge in [0, 0.05) is 23.3 Å². The predicted octanol–water partition coefficient (Wildman–Crippen LogP) is 4.67. The SMILES string of the molecule is CCC(COC)NC(=O)c1ccc(OC)c(C=Cc2ccc(Cl)cc2)c1. The van der Waals surface area contributed by atoms with Gasteiger partial charge in [-0.2, -0.15) is 0 Å². The van der Waals surface area contributed by atoms with Gasteiger partial charge in [0.05, 0.1) is 19.8 Å². The minimum Gasteiger partial charge on any atom is -0.496 e. The Hall–Kier alpha value is -2.30. The first kappa shape index (κ1) is 20.0. The first-order chi connectivity index (χ1) is 12.6. The van der Waals surface area contributed by atoms with Crippen LogP contribution in [-0.2, 0) is 4.74 Å². The molecule has 2 aromatic carbocycles. The zero-order chi connectivity index (χ0) is 18.9. The maximum atomic E-state index is 12.5. The molecule has 0 spiro atoms.